The van der Waals surface area contributed by atoms with Crippen molar-refractivity contribution < 1.29 is 18.7 Å². The van der Waals surface area contributed by atoms with Gasteiger partial charge in [-0.3, -0.25) is 10.1 Å². The van der Waals surface area contributed by atoms with E-state index in [0.29, 0.717) is 16.9 Å². The summed E-state index contributed by atoms with van der Waals surface area (Å²) in [6, 6.07) is 27.7. The van der Waals surface area contributed by atoms with Crippen LogP contribution in [0.4, 0.5) is 11.6 Å². The molecule has 1 N–H and O–H groups in total. The molecule has 0 radical (unpaired) electrons. The summed E-state index contributed by atoms with van der Waals surface area (Å²) in [4.78, 5) is 26.8. The molecule has 0 unspecified atom stereocenters. The standard InChI is InChI=1S/C28H23N3O4/c1-31(2)22-15-13-21(14-16-22)28(33)34-18-24(32)30-27-23(17-29)25(19-9-5-3-6-10-19)26(35-27)20-11-7-4-8-12-20/h3-16H,18H2,1-2H3,(H,30,32). The molecule has 174 valence electrons. The van der Waals surface area contributed by atoms with Gasteiger partial charge in [0.05, 0.1) is 5.56 Å². The number of furan rings is 1. The second-order valence-corrected chi connectivity index (χ2v) is 7.92. The van der Waals surface area contributed by atoms with Crippen LogP contribution in [0, 0.1) is 11.3 Å². The maximum absolute atomic E-state index is 12.6. The van der Waals surface area contributed by atoms with Crippen LogP contribution in [0.2, 0.25) is 0 Å². The predicted molar refractivity (Wildman–Crippen MR) is 134 cm³/mol. The molecule has 1 amide bonds. The van der Waals surface area contributed by atoms with Crippen molar-refractivity contribution in [2.45, 2.75) is 0 Å². The molecule has 0 aliphatic rings. The number of amides is 1. The summed E-state index contributed by atoms with van der Waals surface area (Å²) in [7, 11) is 3.79. The molecule has 4 rings (SSSR count). The highest BCUT2D eigenvalue weighted by molar-refractivity contribution is 5.98. The van der Waals surface area contributed by atoms with Crippen molar-refractivity contribution in [3.63, 3.8) is 0 Å². The van der Waals surface area contributed by atoms with Crippen LogP contribution in [-0.2, 0) is 9.53 Å². The summed E-state index contributed by atoms with van der Waals surface area (Å²) < 4.78 is 11.1. The molecular formula is C28H23N3O4. The summed E-state index contributed by atoms with van der Waals surface area (Å²) >= 11 is 0. The van der Waals surface area contributed by atoms with Crippen LogP contribution < -0.4 is 10.2 Å². The molecule has 4 aromatic rings. The number of hydrogen-bond acceptors (Lipinski definition) is 6. The lowest BCUT2D eigenvalue weighted by atomic mass is 9.98. The number of hydrogen-bond donors (Lipinski definition) is 1. The highest BCUT2D eigenvalue weighted by Gasteiger charge is 2.24. The molecule has 0 saturated heterocycles. The third kappa shape index (κ3) is 5.23. The summed E-state index contributed by atoms with van der Waals surface area (Å²) in [5.74, 6) is -0.781. The molecule has 0 aliphatic carbocycles. The number of rotatable bonds is 7. The van der Waals surface area contributed by atoms with E-state index in [1.165, 1.54) is 0 Å². The van der Waals surface area contributed by atoms with E-state index in [1.807, 2.05) is 79.7 Å². The van der Waals surface area contributed by atoms with E-state index in [4.69, 9.17) is 9.15 Å². The molecular weight excluding hydrogens is 442 g/mol. The second-order valence-electron chi connectivity index (χ2n) is 7.92. The third-order valence-corrected chi connectivity index (χ3v) is 5.33. The number of anilines is 2. The molecule has 1 heterocycles. The summed E-state index contributed by atoms with van der Waals surface area (Å²) in [6.07, 6.45) is 0. The molecule has 35 heavy (non-hydrogen) atoms. The van der Waals surface area contributed by atoms with E-state index in [9.17, 15) is 14.9 Å². The van der Waals surface area contributed by atoms with Crippen molar-refractivity contribution >= 4 is 23.4 Å². The van der Waals surface area contributed by atoms with Gasteiger partial charge in [0.25, 0.3) is 5.91 Å². The van der Waals surface area contributed by atoms with Crippen LogP contribution >= 0.6 is 0 Å². The summed E-state index contributed by atoms with van der Waals surface area (Å²) in [6.45, 7) is -0.527. The minimum absolute atomic E-state index is 0.00147. The molecule has 7 nitrogen and oxygen atoms in total. The smallest absolute Gasteiger partial charge is 0.338 e. The van der Waals surface area contributed by atoms with E-state index in [2.05, 4.69) is 11.4 Å². The fraction of sp³-hybridized carbons (Fsp3) is 0.107. The molecule has 0 bridgehead atoms. The van der Waals surface area contributed by atoms with Crippen LogP contribution in [0.25, 0.3) is 22.5 Å². The van der Waals surface area contributed by atoms with E-state index >= 15 is 0 Å². The van der Waals surface area contributed by atoms with Crippen LogP contribution in [-0.4, -0.2) is 32.6 Å². The number of esters is 1. The average molecular weight is 466 g/mol. The van der Waals surface area contributed by atoms with Crippen molar-refractivity contribution in [2.24, 2.45) is 0 Å². The van der Waals surface area contributed by atoms with E-state index < -0.39 is 18.5 Å². The first-order valence-electron chi connectivity index (χ1n) is 10.9. The molecule has 0 atom stereocenters. The maximum Gasteiger partial charge on any atom is 0.338 e. The Balaban J connectivity index is 1.55. The van der Waals surface area contributed by atoms with Gasteiger partial charge in [0, 0.05) is 30.9 Å². The lowest BCUT2D eigenvalue weighted by molar-refractivity contribution is -0.119. The highest BCUT2D eigenvalue weighted by atomic mass is 16.5. The van der Waals surface area contributed by atoms with Crippen molar-refractivity contribution in [3.05, 3.63) is 96.1 Å². The first-order valence-corrected chi connectivity index (χ1v) is 10.9. The third-order valence-electron chi connectivity index (χ3n) is 5.33. The first-order chi connectivity index (χ1) is 17.0. The van der Waals surface area contributed by atoms with Crippen molar-refractivity contribution in [1.82, 2.24) is 0 Å². The van der Waals surface area contributed by atoms with Gasteiger partial charge < -0.3 is 14.1 Å². The normalized spacial score (nSPS) is 10.3. The first kappa shape index (κ1) is 23.3. The number of carbonyl (C=O) groups excluding carboxylic acids is 2. The Hall–Kier alpha value is -4.83. The number of nitrogens with one attached hydrogen (secondary N) is 1. The van der Waals surface area contributed by atoms with Crippen molar-refractivity contribution in [1.29, 1.82) is 5.26 Å². The monoisotopic (exact) mass is 465 g/mol. The van der Waals surface area contributed by atoms with E-state index in [1.54, 1.807) is 24.3 Å². The van der Waals surface area contributed by atoms with Gasteiger partial charge in [-0.15, -0.1) is 0 Å². The fourth-order valence-corrected chi connectivity index (χ4v) is 3.57. The van der Waals surface area contributed by atoms with Gasteiger partial charge >= 0.3 is 5.97 Å². The van der Waals surface area contributed by atoms with Gasteiger partial charge in [0.15, 0.2) is 6.61 Å². The van der Waals surface area contributed by atoms with Gasteiger partial charge in [0.2, 0.25) is 5.88 Å². The Labute approximate surface area is 203 Å². The number of benzene rings is 3. The zero-order chi connectivity index (χ0) is 24.8. The molecule has 3 aromatic carbocycles. The summed E-state index contributed by atoms with van der Waals surface area (Å²) in [5, 5.41) is 12.5. The van der Waals surface area contributed by atoms with Gasteiger partial charge in [-0.25, -0.2) is 4.79 Å². The maximum atomic E-state index is 12.6. The highest BCUT2D eigenvalue weighted by Crippen LogP contribution is 2.41. The molecule has 0 fully saturated rings. The van der Waals surface area contributed by atoms with Crippen molar-refractivity contribution in [3.8, 4) is 28.5 Å². The molecule has 0 aliphatic heterocycles. The fourth-order valence-electron chi connectivity index (χ4n) is 3.57. The lowest BCUT2D eigenvalue weighted by Gasteiger charge is -2.12. The largest absolute Gasteiger partial charge is 0.452 e. The Bertz CT molecular complexity index is 1370. The molecule has 0 spiro atoms. The second kappa shape index (κ2) is 10.4. The average Bonchev–Trinajstić information content (AvgIpc) is 3.26. The van der Waals surface area contributed by atoms with Crippen LogP contribution in [0.3, 0.4) is 0 Å². The van der Waals surface area contributed by atoms with E-state index in [0.717, 1.165) is 16.8 Å². The van der Waals surface area contributed by atoms with Gasteiger partial charge in [-0.05, 0) is 29.8 Å². The molecule has 0 saturated carbocycles. The topological polar surface area (TPSA) is 95.6 Å². The minimum atomic E-state index is -0.625. The zero-order valence-electron chi connectivity index (χ0n) is 19.3. The quantitative estimate of drug-likeness (QED) is 0.370. The molecule has 7 heteroatoms. The van der Waals surface area contributed by atoms with Crippen molar-refractivity contribution in [2.75, 3.05) is 30.9 Å². The SMILES string of the molecule is CN(C)c1ccc(C(=O)OCC(=O)Nc2oc(-c3ccccc3)c(-c3ccccc3)c2C#N)cc1. The van der Waals surface area contributed by atoms with Gasteiger partial charge in [0.1, 0.15) is 17.4 Å². The van der Waals surface area contributed by atoms with Crippen LogP contribution in [0.5, 0.6) is 0 Å². The number of carbonyl (C=O) groups is 2. The number of nitrogens with zero attached hydrogens (tertiary/aromatic N) is 2. The Morgan fingerprint density at radius 1 is 0.914 bits per heavy atom. The van der Waals surface area contributed by atoms with Gasteiger partial charge in [-0.2, -0.15) is 5.26 Å². The summed E-state index contributed by atoms with van der Waals surface area (Å²) in [5.41, 5.74) is 3.57. The Morgan fingerprint density at radius 3 is 2.09 bits per heavy atom. The van der Waals surface area contributed by atoms with Crippen LogP contribution in [0.1, 0.15) is 15.9 Å². The lowest BCUT2D eigenvalue weighted by Crippen LogP contribution is -2.21. The molecule has 1 aromatic heterocycles. The minimum Gasteiger partial charge on any atom is -0.452 e. The Kier molecular flexibility index (Phi) is 6.94. The van der Waals surface area contributed by atoms with E-state index in [-0.39, 0.29) is 11.4 Å². The number of ether oxygens (including phenoxy) is 1. The zero-order valence-corrected chi connectivity index (χ0v) is 19.3. The Morgan fingerprint density at radius 2 is 1.51 bits per heavy atom. The predicted octanol–water partition coefficient (Wildman–Crippen LogP) is 5.35. The van der Waals surface area contributed by atoms with Gasteiger partial charge in [-0.1, -0.05) is 60.7 Å². The van der Waals surface area contributed by atoms with Crippen LogP contribution in [0.15, 0.2) is 89.3 Å². The number of nitriles is 1.